The molecule has 0 aromatic rings. The van der Waals surface area contributed by atoms with E-state index in [1.165, 1.54) is 0 Å². The van der Waals surface area contributed by atoms with Gasteiger partial charge in [0.2, 0.25) is 0 Å². The fourth-order valence-corrected chi connectivity index (χ4v) is 0. The molecule has 0 heterocycles. The minimum atomic E-state index is 0. The van der Waals surface area contributed by atoms with Crippen LogP contribution in [0, 0.1) is 10.1 Å². The molecule has 0 N–H and O–H groups in total. The van der Waals surface area contributed by atoms with Crippen LogP contribution in [-0.2, 0) is 53.8 Å². The Balaban J connectivity index is -0.0000000200. The van der Waals surface area contributed by atoms with Gasteiger partial charge in [0.1, 0.15) is 0 Å². The maximum atomic E-state index is 8.00. The van der Waals surface area contributed by atoms with E-state index < -0.39 is 0 Å². The summed E-state index contributed by atoms with van der Waals surface area (Å²) in [5.74, 6) is 0. The quantitative estimate of drug-likeness (QED) is 0.475. The molecular formula is NO2WY-. The molecule has 0 aliphatic rings. The van der Waals surface area contributed by atoms with Crippen molar-refractivity contribution < 1.29 is 53.8 Å². The molecule has 0 spiro atoms. The average Bonchev–Trinajstić information content (AvgIpc) is 0.918. The molecule has 1 radical (unpaired) electrons. The first kappa shape index (κ1) is 16.4. The summed E-state index contributed by atoms with van der Waals surface area (Å²) in [4.78, 5) is 8.00. The van der Waals surface area contributed by atoms with Gasteiger partial charge in [-0.05, 0) is 0 Å². The van der Waals surface area contributed by atoms with Gasteiger partial charge in [-0.25, -0.2) is 0 Å². The summed E-state index contributed by atoms with van der Waals surface area (Å²) in [5, 5.41) is 9.00. The van der Waals surface area contributed by atoms with Gasteiger partial charge < -0.3 is 10.1 Å². The van der Waals surface area contributed by atoms with E-state index in [9.17, 15) is 0 Å². The van der Waals surface area contributed by atoms with Crippen LogP contribution in [0.2, 0.25) is 0 Å². The Hall–Kier alpha value is 1.19. The van der Waals surface area contributed by atoms with Crippen LogP contribution in [0.5, 0.6) is 0 Å². The van der Waals surface area contributed by atoms with Gasteiger partial charge in [0.15, 0.2) is 0 Å². The third-order valence-electron chi connectivity index (χ3n) is 0. The van der Waals surface area contributed by atoms with Crippen LogP contribution in [0.25, 0.3) is 0 Å². The summed E-state index contributed by atoms with van der Waals surface area (Å²) in [6, 6.07) is 0. The van der Waals surface area contributed by atoms with Crippen LogP contribution in [0.4, 0.5) is 0 Å². The zero-order valence-electron chi connectivity index (χ0n) is 2.25. The Morgan fingerprint density at radius 1 is 1.60 bits per heavy atom. The molecular weight excluding hydrogens is 319 g/mol. The van der Waals surface area contributed by atoms with Crippen molar-refractivity contribution in [2.75, 3.05) is 0 Å². The minimum Gasteiger partial charge on any atom is -0.444 e. The molecule has 0 saturated carbocycles. The molecule has 0 bridgehead atoms. The molecule has 0 amide bonds. The van der Waals surface area contributed by atoms with E-state index in [2.05, 4.69) is 0 Å². The van der Waals surface area contributed by atoms with E-state index in [-0.39, 0.29) is 53.8 Å². The first-order chi connectivity index (χ1) is 1.41. The Bertz CT molecular complexity index is 17.1. The third kappa shape index (κ3) is 37.2. The summed E-state index contributed by atoms with van der Waals surface area (Å²) in [5.41, 5.74) is 0. The Morgan fingerprint density at radius 3 is 1.60 bits per heavy atom. The second-order valence-corrected chi connectivity index (χ2v) is 0.0745. The van der Waals surface area contributed by atoms with Gasteiger partial charge in [-0.3, -0.25) is 0 Å². The number of hydrogen-bond acceptors (Lipinski definition) is 3. The summed E-state index contributed by atoms with van der Waals surface area (Å²) < 4.78 is 0. The molecule has 0 aromatic heterocycles. The maximum Gasteiger partial charge on any atom is 0 e. The van der Waals surface area contributed by atoms with Gasteiger partial charge in [0.25, 0.3) is 0 Å². The van der Waals surface area contributed by atoms with Crippen molar-refractivity contribution in [3.63, 3.8) is 0 Å². The molecule has 5 heteroatoms. The standard InChI is InChI=1S/HNO2.W.Y/c2-1-3;;/h(H,2,3);;/p-1. The molecule has 0 aliphatic carbocycles. The molecule has 27 valence electrons. The van der Waals surface area contributed by atoms with Crippen molar-refractivity contribution in [3.8, 4) is 0 Å². The number of hydrogen-bond donors (Lipinski definition) is 0. The third-order valence-corrected chi connectivity index (χ3v) is 0. The van der Waals surface area contributed by atoms with Crippen LogP contribution < -0.4 is 0 Å². The Labute approximate surface area is 68.6 Å². The Morgan fingerprint density at radius 2 is 1.60 bits per heavy atom. The average molecular weight is 319 g/mol. The van der Waals surface area contributed by atoms with E-state index >= 15 is 0 Å². The van der Waals surface area contributed by atoms with E-state index in [1.54, 1.807) is 0 Å². The van der Waals surface area contributed by atoms with Crippen LogP contribution in [-0.4, -0.2) is 0 Å². The second-order valence-electron chi connectivity index (χ2n) is 0.0745. The van der Waals surface area contributed by atoms with E-state index in [1.807, 2.05) is 0 Å². The summed E-state index contributed by atoms with van der Waals surface area (Å²) in [6.45, 7) is 0. The summed E-state index contributed by atoms with van der Waals surface area (Å²) in [7, 11) is 0. The minimum absolute atomic E-state index is 0. The monoisotopic (exact) mass is 319 g/mol. The molecule has 0 atom stereocenters. The van der Waals surface area contributed by atoms with Gasteiger partial charge >= 0.3 is 0 Å². The molecule has 0 rings (SSSR count). The van der Waals surface area contributed by atoms with Gasteiger partial charge in [0.05, 0.1) is 0 Å². The smallest absolute Gasteiger partial charge is 0 e. The molecule has 0 unspecified atom stereocenters. The van der Waals surface area contributed by atoms with E-state index in [0.29, 0.717) is 0 Å². The van der Waals surface area contributed by atoms with Crippen LogP contribution >= 0.6 is 0 Å². The predicted octanol–water partition coefficient (Wildman–Crippen LogP) is 0.246. The van der Waals surface area contributed by atoms with Gasteiger partial charge in [-0.15, -0.1) is 5.34 Å². The van der Waals surface area contributed by atoms with Crippen LogP contribution in [0.15, 0.2) is 5.34 Å². The largest absolute Gasteiger partial charge is 0.444 e. The topological polar surface area (TPSA) is 52.5 Å². The second kappa shape index (κ2) is 19.0. The summed E-state index contributed by atoms with van der Waals surface area (Å²) >= 11 is 0. The predicted molar refractivity (Wildman–Crippen MR) is 9.16 cm³/mol. The zero-order valence-corrected chi connectivity index (χ0v) is 8.02. The van der Waals surface area contributed by atoms with Crippen LogP contribution in [0.1, 0.15) is 0 Å². The summed E-state index contributed by atoms with van der Waals surface area (Å²) in [6.07, 6.45) is 0. The SMILES string of the molecule is O=N[O-].[W].[Y]. The van der Waals surface area contributed by atoms with Gasteiger partial charge in [0, 0.05) is 53.8 Å². The van der Waals surface area contributed by atoms with E-state index in [0.717, 1.165) is 5.34 Å². The van der Waals surface area contributed by atoms with Crippen molar-refractivity contribution in [2.24, 2.45) is 5.34 Å². The zero-order chi connectivity index (χ0) is 2.71. The first-order valence-electron chi connectivity index (χ1n) is 0.365. The van der Waals surface area contributed by atoms with Crippen molar-refractivity contribution in [1.82, 2.24) is 0 Å². The maximum absolute atomic E-state index is 8.00. The molecule has 0 aromatic carbocycles. The molecule has 5 heavy (non-hydrogen) atoms. The molecule has 0 fully saturated rings. The van der Waals surface area contributed by atoms with Crippen molar-refractivity contribution >= 4 is 0 Å². The Kier molecular flexibility index (Phi) is 62.2. The number of rotatable bonds is 0. The van der Waals surface area contributed by atoms with Gasteiger partial charge in [-0.2, -0.15) is 0 Å². The van der Waals surface area contributed by atoms with Gasteiger partial charge in [-0.1, -0.05) is 0 Å². The normalized spacial score (nSPS) is 2.40. The van der Waals surface area contributed by atoms with Crippen molar-refractivity contribution in [3.05, 3.63) is 10.1 Å². The molecule has 0 saturated heterocycles. The first-order valence-corrected chi connectivity index (χ1v) is 0.365. The van der Waals surface area contributed by atoms with Crippen molar-refractivity contribution in [2.45, 2.75) is 0 Å². The molecule has 3 nitrogen and oxygen atoms in total. The van der Waals surface area contributed by atoms with Crippen molar-refractivity contribution in [1.29, 1.82) is 0 Å². The van der Waals surface area contributed by atoms with E-state index in [4.69, 9.17) is 10.1 Å². The van der Waals surface area contributed by atoms with Crippen LogP contribution in [0.3, 0.4) is 0 Å². The number of nitrogens with zero attached hydrogens (tertiary/aromatic N) is 1. The fourth-order valence-electron chi connectivity index (χ4n) is 0. The fraction of sp³-hybridized carbons (Fsp3) is 0. The molecule has 0 aliphatic heterocycles.